The highest BCUT2D eigenvalue weighted by atomic mass is 35.5. The van der Waals surface area contributed by atoms with Gasteiger partial charge in [0.2, 0.25) is 0 Å². The van der Waals surface area contributed by atoms with E-state index in [1.54, 1.807) is 30.9 Å². The SMILES string of the molecule is CC(N)c1nc2ccc(F)cc2cc1-c1ccccn1.CC(Nc1ncnc2nc[nH]c12)c1nc2ccc(F)cc2cc1-c1ccccn1.Clc1ncnc2nc[nH]c12. The van der Waals surface area contributed by atoms with Gasteiger partial charge in [-0.05, 0) is 86.6 Å². The third kappa shape index (κ3) is 8.49. The van der Waals surface area contributed by atoms with E-state index in [-0.39, 0.29) is 23.7 Å². The number of aromatic nitrogens is 12. The fourth-order valence-electron chi connectivity index (χ4n) is 6.34. The number of H-pyrrole nitrogens is 2. The van der Waals surface area contributed by atoms with Crippen molar-refractivity contribution in [3.63, 3.8) is 0 Å². The molecule has 0 aliphatic carbocycles. The molecule has 0 aliphatic rings. The maximum Gasteiger partial charge on any atom is 0.182 e. The Morgan fingerprint density at radius 2 is 1.15 bits per heavy atom. The van der Waals surface area contributed by atoms with Gasteiger partial charge in [0.25, 0.3) is 0 Å². The van der Waals surface area contributed by atoms with Gasteiger partial charge in [-0.3, -0.25) is 15.0 Å². The van der Waals surface area contributed by atoms with Crippen molar-refractivity contribution in [3.05, 3.63) is 151 Å². The highest BCUT2D eigenvalue weighted by Crippen LogP contribution is 2.32. The number of hydrogen-bond donors (Lipinski definition) is 4. The molecule has 0 aliphatic heterocycles. The topological polar surface area (TPSA) is 199 Å². The Bertz CT molecular complexity index is 3030. The van der Waals surface area contributed by atoms with Gasteiger partial charge in [-0.15, -0.1) is 0 Å². The molecule has 0 radical (unpaired) electrons. The number of hydrogen-bond acceptors (Lipinski definition) is 12. The Hall–Kier alpha value is -7.43. The van der Waals surface area contributed by atoms with Crippen LogP contribution in [0.25, 0.3) is 66.6 Å². The van der Waals surface area contributed by atoms with Crippen molar-refractivity contribution in [2.75, 3.05) is 5.32 Å². The predicted molar refractivity (Wildman–Crippen MR) is 223 cm³/mol. The zero-order chi connectivity index (χ0) is 40.9. The van der Waals surface area contributed by atoms with Gasteiger partial charge in [0.1, 0.15) is 35.3 Å². The molecule has 10 rings (SSSR count). The number of aromatic amines is 2. The number of rotatable bonds is 6. The van der Waals surface area contributed by atoms with Crippen molar-refractivity contribution >= 4 is 61.6 Å². The molecule has 0 saturated carbocycles. The first-order chi connectivity index (χ1) is 28.7. The normalized spacial score (nSPS) is 12.1. The molecular formula is C42H33ClF2N14. The van der Waals surface area contributed by atoms with Gasteiger partial charge < -0.3 is 21.0 Å². The predicted octanol–water partition coefficient (Wildman–Crippen LogP) is 8.74. The molecule has 0 spiro atoms. The third-order valence-corrected chi connectivity index (χ3v) is 9.38. The minimum absolute atomic E-state index is 0.206. The van der Waals surface area contributed by atoms with Gasteiger partial charge in [0, 0.05) is 40.3 Å². The molecule has 8 aromatic heterocycles. The van der Waals surface area contributed by atoms with Gasteiger partial charge in [0.05, 0.1) is 52.5 Å². The smallest absolute Gasteiger partial charge is 0.182 e. The first-order valence-corrected chi connectivity index (χ1v) is 18.6. The van der Waals surface area contributed by atoms with E-state index in [1.807, 2.05) is 62.4 Å². The molecule has 14 nitrogen and oxygen atoms in total. The summed E-state index contributed by atoms with van der Waals surface area (Å²) in [5, 5.41) is 5.26. The van der Waals surface area contributed by atoms with Crippen molar-refractivity contribution in [2.24, 2.45) is 5.73 Å². The van der Waals surface area contributed by atoms with Gasteiger partial charge in [-0.1, -0.05) is 23.7 Å². The Morgan fingerprint density at radius 3 is 1.71 bits per heavy atom. The second kappa shape index (κ2) is 17.0. The van der Waals surface area contributed by atoms with Crippen LogP contribution < -0.4 is 11.1 Å². The highest BCUT2D eigenvalue weighted by molar-refractivity contribution is 6.33. The second-order valence-corrected chi connectivity index (χ2v) is 13.5. The Morgan fingerprint density at radius 1 is 0.610 bits per heavy atom. The number of imidazole rings is 2. The zero-order valence-electron chi connectivity index (χ0n) is 31.4. The van der Waals surface area contributed by atoms with E-state index in [0.29, 0.717) is 33.3 Å². The summed E-state index contributed by atoms with van der Waals surface area (Å²) in [6, 6.07) is 23.8. The second-order valence-electron chi connectivity index (χ2n) is 13.2. The molecule has 0 saturated heterocycles. The summed E-state index contributed by atoms with van der Waals surface area (Å²) in [5.74, 6) is 0.0561. The van der Waals surface area contributed by atoms with Crippen LogP contribution >= 0.6 is 11.6 Å². The quantitative estimate of drug-likeness (QED) is 0.117. The number of nitrogens with zero attached hydrogens (tertiary/aromatic N) is 10. The van der Waals surface area contributed by atoms with Crippen molar-refractivity contribution in [2.45, 2.75) is 25.9 Å². The molecule has 2 atom stereocenters. The van der Waals surface area contributed by atoms with Crippen LogP contribution in [0.3, 0.4) is 0 Å². The molecule has 0 amide bonds. The minimum atomic E-state index is -0.298. The molecule has 292 valence electrons. The Kier molecular flexibility index (Phi) is 11.1. The molecule has 2 aromatic carbocycles. The summed E-state index contributed by atoms with van der Waals surface area (Å²) >= 11 is 5.68. The van der Waals surface area contributed by atoms with Crippen molar-refractivity contribution < 1.29 is 8.78 Å². The van der Waals surface area contributed by atoms with Crippen molar-refractivity contribution in [1.29, 1.82) is 0 Å². The van der Waals surface area contributed by atoms with Crippen LogP contribution in [0.1, 0.15) is 37.3 Å². The van der Waals surface area contributed by atoms with E-state index in [1.165, 1.54) is 43.2 Å². The first kappa shape index (κ1) is 38.4. The van der Waals surface area contributed by atoms with Gasteiger partial charge in [0.15, 0.2) is 22.3 Å². The number of halogens is 3. The first-order valence-electron chi connectivity index (χ1n) is 18.2. The molecule has 17 heteroatoms. The Labute approximate surface area is 339 Å². The summed E-state index contributed by atoms with van der Waals surface area (Å²) in [6.45, 7) is 3.87. The molecule has 0 fully saturated rings. The number of anilines is 1. The average Bonchev–Trinajstić information content (AvgIpc) is 3.96. The van der Waals surface area contributed by atoms with Crippen LogP contribution in [0, 0.1) is 11.6 Å². The monoisotopic (exact) mass is 806 g/mol. The van der Waals surface area contributed by atoms with Gasteiger partial charge in [-0.2, -0.15) is 0 Å². The van der Waals surface area contributed by atoms with Gasteiger partial charge in [-0.25, -0.2) is 43.7 Å². The van der Waals surface area contributed by atoms with E-state index < -0.39 is 0 Å². The number of pyridine rings is 4. The lowest BCUT2D eigenvalue weighted by molar-refractivity contribution is 0.629. The van der Waals surface area contributed by atoms with Crippen molar-refractivity contribution in [3.8, 4) is 22.5 Å². The van der Waals surface area contributed by atoms with E-state index >= 15 is 0 Å². The largest absolute Gasteiger partial charge is 0.360 e. The highest BCUT2D eigenvalue weighted by Gasteiger charge is 2.19. The summed E-state index contributed by atoms with van der Waals surface area (Å²) in [7, 11) is 0. The number of nitrogens with two attached hydrogens (primary N) is 1. The molecule has 10 aromatic rings. The van der Waals surface area contributed by atoms with Crippen LogP contribution in [-0.2, 0) is 0 Å². The maximum atomic E-state index is 13.8. The average molecular weight is 807 g/mol. The molecule has 59 heavy (non-hydrogen) atoms. The standard InChI is InChI=1S/C21H16FN7.C16H14FN3.C5H3ClN4/c1-12(28-21-19-20(25-10-24-19)26-11-27-21)18-15(17-4-2-3-7-23-17)9-13-8-14(22)5-6-16(13)29-18;1-10(18)16-13(15-4-2-3-7-19-15)9-11-8-12(17)5-6-14(11)20-16;6-4-3-5(9-1-7-3)10-2-8-4/h2-12H,1H3,(H2,24,25,26,27,28);2-10H,18H2,1H3;1-2H,(H,7,8,9,10). The lowest BCUT2D eigenvalue weighted by atomic mass is 10.0. The minimum Gasteiger partial charge on any atom is -0.360 e. The number of fused-ring (bicyclic) bond motifs is 4. The van der Waals surface area contributed by atoms with Gasteiger partial charge >= 0.3 is 0 Å². The van der Waals surface area contributed by atoms with Crippen molar-refractivity contribution in [1.82, 2.24) is 59.8 Å². The molecule has 5 N–H and O–H groups in total. The summed E-state index contributed by atoms with van der Waals surface area (Å²) < 4.78 is 27.1. The fourth-order valence-corrected chi connectivity index (χ4v) is 6.52. The Balaban J connectivity index is 0.000000138. The van der Waals surface area contributed by atoms with E-state index in [0.717, 1.165) is 55.7 Å². The summed E-state index contributed by atoms with van der Waals surface area (Å²) in [6.07, 6.45) is 9.41. The van der Waals surface area contributed by atoms with Crippen LogP contribution in [0.5, 0.6) is 0 Å². The van der Waals surface area contributed by atoms with Crippen LogP contribution in [-0.4, -0.2) is 59.8 Å². The van der Waals surface area contributed by atoms with Crippen LogP contribution in [0.2, 0.25) is 5.15 Å². The zero-order valence-corrected chi connectivity index (χ0v) is 32.1. The van der Waals surface area contributed by atoms with E-state index in [4.69, 9.17) is 22.3 Å². The summed E-state index contributed by atoms with van der Waals surface area (Å²) in [5.41, 5.74) is 14.8. The van der Waals surface area contributed by atoms with E-state index in [9.17, 15) is 8.78 Å². The molecule has 2 unspecified atom stereocenters. The number of benzene rings is 2. The molecular weight excluding hydrogens is 774 g/mol. The molecule has 8 heterocycles. The third-order valence-electron chi connectivity index (χ3n) is 9.09. The maximum absolute atomic E-state index is 13.8. The lowest BCUT2D eigenvalue weighted by Crippen LogP contribution is -2.12. The van der Waals surface area contributed by atoms with Crippen LogP contribution in [0.15, 0.2) is 123 Å². The summed E-state index contributed by atoms with van der Waals surface area (Å²) in [4.78, 5) is 48.2. The lowest BCUT2D eigenvalue weighted by Gasteiger charge is -2.18. The number of nitrogens with one attached hydrogen (secondary N) is 3. The van der Waals surface area contributed by atoms with E-state index in [2.05, 4.69) is 60.1 Å². The molecule has 0 bridgehead atoms. The fraction of sp³-hybridized carbons (Fsp3) is 0.0952. The van der Waals surface area contributed by atoms with Crippen LogP contribution in [0.4, 0.5) is 14.6 Å².